The van der Waals surface area contributed by atoms with Crippen molar-refractivity contribution in [3.05, 3.63) is 58.1 Å². The van der Waals surface area contributed by atoms with E-state index in [1.165, 1.54) is 0 Å². The molecule has 3 aliphatic rings. The number of carbonyl (C=O) groups is 4. The zero-order valence-electron chi connectivity index (χ0n) is 21.2. The standard InChI is InChI=1S/C28H31ClN4O5/c1-2-30-27(36)28(37)32-20-13-17-5-8-23(34)33-22(15-18(14-20)24(17)33)21-10-12-38-25(21)26(35)31-11-9-16-3-6-19(29)7-4-16/h3-4,6-7,13-14,21-22,25H,2,5,8-12,15H2,1H3,(H,30,36)(H,31,35)(H,32,37). The van der Waals surface area contributed by atoms with Gasteiger partial charge in [0.1, 0.15) is 6.10 Å². The van der Waals surface area contributed by atoms with Crippen LogP contribution < -0.4 is 20.9 Å². The molecule has 0 radical (unpaired) electrons. The highest BCUT2D eigenvalue weighted by Gasteiger charge is 2.48. The average Bonchev–Trinajstić information content (AvgIpc) is 3.53. The molecule has 4 amide bonds. The SMILES string of the molecule is CCNC(=O)C(=O)Nc1cc2c3c(c1)CC(C1CCOC1C(=O)NCCc1ccc(Cl)cc1)N3C(=O)CC2. The Morgan fingerprint density at radius 2 is 1.82 bits per heavy atom. The molecule has 0 aromatic heterocycles. The van der Waals surface area contributed by atoms with E-state index in [4.69, 9.17) is 16.3 Å². The zero-order chi connectivity index (χ0) is 26.8. The molecule has 2 aromatic carbocycles. The molecule has 3 unspecified atom stereocenters. The van der Waals surface area contributed by atoms with Crippen molar-refractivity contribution in [2.45, 2.75) is 51.2 Å². The van der Waals surface area contributed by atoms with Gasteiger partial charge in [-0.25, -0.2) is 0 Å². The van der Waals surface area contributed by atoms with E-state index in [-0.39, 0.29) is 23.8 Å². The number of benzene rings is 2. The first-order chi connectivity index (χ1) is 18.4. The van der Waals surface area contributed by atoms with Gasteiger partial charge in [0.15, 0.2) is 0 Å². The van der Waals surface area contributed by atoms with E-state index in [9.17, 15) is 19.2 Å². The van der Waals surface area contributed by atoms with Crippen LogP contribution in [-0.2, 0) is 43.2 Å². The highest BCUT2D eigenvalue weighted by atomic mass is 35.5. The quantitative estimate of drug-likeness (QED) is 0.468. The van der Waals surface area contributed by atoms with Crippen molar-refractivity contribution in [1.29, 1.82) is 0 Å². The van der Waals surface area contributed by atoms with Crippen LogP contribution in [0, 0.1) is 5.92 Å². The van der Waals surface area contributed by atoms with Gasteiger partial charge in [-0.15, -0.1) is 0 Å². The number of halogens is 1. The smallest absolute Gasteiger partial charge is 0.313 e. The van der Waals surface area contributed by atoms with E-state index >= 15 is 0 Å². The molecular weight excluding hydrogens is 508 g/mol. The van der Waals surface area contributed by atoms with Gasteiger partial charge in [-0.2, -0.15) is 0 Å². The van der Waals surface area contributed by atoms with Crippen LogP contribution in [0.5, 0.6) is 0 Å². The second-order valence-corrected chi connectivity index (χ2v) is 10.3. The van der Waals surface area contributed by atoms with Crippen molar-refractivity contribution in [2.75, 3.05) is 29.9 Å². The molecule has 5 rings (SSSR count). The van der Waals surface area contributed by atoms with E-state index in [0.717, 1.165) is 22.4 Å². The third-order valence-electron chi connectivity index (χ3n) is 7.46. The lowest BCUT2D eigenvalue weighted by atomic mass is 9.89. The second kappa shape index (κ2) is 11.1. The van der Waals surface area contributed by atoms with Crippen molar-refractivity contribution < 1.29 is 23.9 Å². The van der Waals surface area contributed by atoms with Gasteiger partial charge < -0.3 is 25.6 Å². The lowest BCUT2D eigenvalue weighted by Gasteiger charge is -2.35. The first kappa shape index (κ1) is 26.2. The van der Waals surface area contributed by atoms with Gasteiger partial charge in [0.2, 0.25) is 11.8 Å². The summed E-state index contributed by atoms with van der Waals surface area (Å²) in [6.07, 6.45) is 2.17. The molecule has 0 aliphatic carbocycles. The molecule has 3 aliphatic heterocycles. The van der Waals surface area contributed by atoms with Crippen LogP contribution in [0.3, 0.4) is 0 Å². The Bertz CT molecular complexity index is 1260. The maximum Gasteiger partial charge on any atom is 0.313 e. The predicted molar refractivity (Wildman–Crippen MR) is 143 cm³/mol. The fourth-order valence-electron chi connectivity index (χ4n) is 5.77. The van der Waals surface area contributed by atoms with Gasteiger partial charge in [0, 0.05) is 48.8 Å². The number of nitrogens with one attached hydrogen (secondary N) is 3. The Morgan fingerprint density at radius 1 is 1.05 bits per heavy atom. The second-order valence-electron chi connectivity index (χ2n) is 9.90. The van der Waals surface area contributed by atoms with Gasteiger partial charge in [-0.1, -0.05) is 23.7 Å². The van der Waals surface area contributed by atoms with Crippen molar-refractivity contribution >= 4 is 46.6 Å². The number of likely N-dealkylation sites (N-methyl/N-ethyl adjacent to an activating group) is 1. The summed E-state index contributed by atoms with van der Waals surface area (Å²) in [6.45, 7) is 3.03. The first-order valence-corrected chi connectivity index (χ1v) is 13.4. The van der Waals surface area contributed by atoms with E-state index in [0.29, 0.717) is 62.5 Å². The van der Waals surface area contributed by atoms with E-state index in [1.807, 2.05) is 41.3 Å². The summed E-state index contributed by atoms with van der Waals surface area (Å²) in [5.74, 6) is -1.70. The molecule has 0 saturated carbocycles. The Morgan fingerprint density at radius 3 is 2.58 bits per heavy atom. The number of hydrogen-bond acceptors (Lipinski definition) is 5. The van der Waals surface area contributed by atoms with Gasteiger partial charge >= 0.3 is 11.8 Å². The lowest BCUT2D eigenvalue weighted by Crippen LogP contribution is -2.50. The lowest BCUT2D eigenvalue weighted by molar-refractivity contribution is -0.136. The minimum absolute atomic E-state index is 0.0363. The molecule has 0 bridgehead atoms. The van der Waals surface area contributed by atoms with Crippen LogP contribution in [0.25, 0.3) is 0 Å². The molecule has 3 N–H and O–H groups in total. The average molecular weight is 539 g/mol. The Kier molecular flexibility index (Phi) is 7.67. The van der Waals surface area contributed by atoms with Gasteiger partial charge in [-0.3, -0.25) is 19.2 Å². The summed E-state index contributed by atoms with van der Waals surface area (Å²) in [5, 5.41) is 8.85. The molecule has 200 valence electrons. The number of carbonyl (C=O) groups excluding carboxylic acids is 4. The monoisotopic (exact) mass is 538 g/mol. The van der Waals surface area contributed by atoms with Crippen molar-refractivity contribution in [2.24, 2.45) is 5.92 Å². The van der Waals surface area contributed by atoms with Crippen LogP contribution in [0.1, 0.15) is 36.5 Å². The third-order valence-corrected chi connectivity index (χ3v) is 7.72. The molecule has 1 saturated heterocycles. The fourth-order valence-corrected chi connectivity index (χ4v) is 5.89. The molecule has 2 aromatic rings. The van der Waals surface area contributed by atoms with Gasteiger partial charge in [0.25, 0.3) is 0 Å². The number of anilines is 2. The Balaban J connectivity index is 1.29. The van der Waals surface area contributed by atoms with E-state index in [2.05, 4.69) is 16.0 Å². The third kappa shape index (κ3) is 5.26. The number of hydrogen-bond donors (Lipinski definition) is 3. The van der Waals surface area contributed by atoms with Crippen LogP contribution >= 0.6 is 11.6 Å². The molecule has 0 spiro atoms. The number of ether oxygens (including phenoxy) is 1. The van der Waals surface area contributed by atoms with Gasteiger partial charge in [-0.05, 0) is 73.6 Å². The highest BCUT2D eigenvalue weighted by Crippen LogP contribution is 2.45. The normalized spacial score (nSPS) is 21.7. The highest BCUT2D eigenvalue weighted by molar-refractivity contribution is 6.39. The van der Waals surface area contributed by atoms with Gasteiger partial charge in [0.05, 0.1) is 5.69 Å². The maximum atomic E-state index is 13.1. The largest absolute Gasteiger partial charge is 0.368 e. The summed E-state index contributed by atoms with van der Waals surface area (Å²) in [7, 11) is 0. The molecule has 1 fully saturated rings. The summed E-state index contributed by atoms with van der Waals surface area (Å²) >= 11 is 5.95. The summed E-state index contributed by atoms with van der Waals surface area (Å²) < 4.78 is 5.89. The molecule has 38 heavy (non-hydrogen) atoms. The summed E-state index contributed by atoms with van der Waals surface area (Å²) in [5.41, 5.74) is 4.37. The van der Waals surface area contributed by atoms with Crippen LogP contribution in [0.2, 0.25) is 5.02 Å². The fraction of sp³-hybridized carbons (Fsp3) is 0.429. The van der Waals surface area contributed by atoms with Crippen molar-refractivity contribution in [1.82, 2.24) is 10.6 Å². The number of nitrogens with zero attached hydrogens (tertiary/aromatic N) is 1. The molecule has 9 nitrogen and oxygen atoms in total. The minimum Gasteiger partial charge on any atom is -0.368 e. The Labute approximate surface area is 226 Å². The minimum atomic E-state index is -0.725. The van der Waals surface area contributed by atoms with Crippen LogP contribution in [0.15, 0.2) is 36.4 Å². The molecule has 3 heterocycles. The molecule has 3 atom stereocenters. The van der Waals surface area contributed by atoms with E-state index in [1.54, 1.807) is 6.92 Å². The van der Waals surface area contributed by atoms with Crippen LogP contribution in [0.4, 0.5) is 11.4 Å². The zero-order valence-corrected chi connectivity index (χ0v) is 22.0. The summed E-state index contributed by atoms with van der Waals surface area (Å²) in [6, 6.07) is 11.0. The number of rotatable bonds is 7. The summed E-state index contributed by atoms with van der Waals surface area (Å²) in [4.78, 5) is 52.2. The molecular formula is C28H31ClN4O5. The van der Waals surface area contributed by atoms with Crippen LogP contribution in [-0.4, -0.2) is 55.5 Å². The van der Waals surface area contributed by atoms with Crippen molar-refractivity contribution in [3.8, 4) is 0 Å². The topological polar surface area (TPSA) is 117 Å². The molecule has 10 heteroatoms. The number of amides is 4. The Hall–Kier alpha value is -3.43. The van der Waals surface area contributed by atoms with E-state index < -0.39 is 17.9 Å². The number of aryl methyl sites for hydroxylation is 1. The maximum absolute atomic E-state index is 13.1. The van der Waals surface area contributed by atoms with Crippen molar-refractivity contribution in [3.63, 3.8) is 0 Å². The predicted octanol–water partition coefficient (Wildman–Crippen LogP) is 2.38. The first-order valence-electron chi connectivity index (χ1n) is 13.1.